The molecule has 2 amide bonds. The van der Waals surface area contributed by atoms with Crippen molar-refractivity contribution < 1.29 is 18.7 Å². The fourth-order valence-corrected chi connectivity index (χ4v) is 4.25. The number of hydrogen-bond donors (Lipinski definition) is 3. The Kier molecular flexibility index (Phi) is 4.92. The summed E-state index contributed by atoms with van der Waals surface area (Å²) in [6.07, 6.45) is 3.53. The zero-order valence-electron chi connectivity index (χ0n) is 15.5. The summed E-state index contributed by atoms with van der Waals surface area (Å²) in [6.45, 7) is 0.117. The second kappa shape index (κ2) is 7.27. The Labute approximate surface area is 171 Å². The van der Waals surface area contributed by atoms with Crippen LogP contribution in [0.4, 0.5) is 4.39 Å². The summed E-state index contributed by atoms with van der Waals surface area (Å²) in [5.41, 5.74) is 6.15. The van der Waals surface area contributed by atoms with Gasteiger partial charge in [-0.3, -0.25) is 14.6 Å². The van der Waals surface area contributed by atoms with E-state index < -0.39 is 5.82 Å². The number of halogens is 2. The lowest BCUT2D eigenvalue weighted by Crippen LogP contribution is -2.84. The van der Waals surface area contributed by atoms with E-state index in [9.17, 15) is 14.0 Å². The van der Waals surface area contributed by atoms with Gasteiger partial charge < -0.3 is 21.1 Å². The van der Waals surface area contributed by atoms with E-state index in [1.165, 1.54) is 12.1 Å². The average Bonchev–Trinajstić information content (AvgIpc) is 2.66. The lowest BCUT2D eigenvalue weighted by atomic mass is 9.44. The molecule has 7 nitrogen and oxygen atoms in total. The third-order valence-corrected chi connectivity index (χ3v) is 5.67. The van der Waals surface area contributed by atoms with Crippen molar-refractivity contribution in [2.75, 3.05) is 6.61 Å². The van der Waals surface area contributed by atoms with Crippen LogP contribution in [0.15, 0.2) is 36.5 Å². The number of hydrogen-bond acceptors (Lipinski definition) is 5. The molecule has 0 radical (unpaired) electrons. The van der Waals surface area contributed by atoms with Gasteiger partial charge in [-0.1, -0.05) is 11.6 Å². The second-order valence-corrected chi connectivity index (χ2v) is 8.12. The van der Waals surface area contributed by atoms with Crippen molar-refractivity contribution in [1.29, 1.82) is 0 Å². The van der Waals surface area contributed by atoms with Gasteiger partial charge in [-0.2, -0.15) is 0 Å². The van der Waals surface area contributed by atoms with E-state index in [4.69, 9.17) is 22.1 Å². The van der Waals surface area contributed by atoms with Gasteiger partial charge in [0.2, 0.25) is 0 Å². The summed E-state index contributed by atoms with van der Waals surface area (Å²) >= 11 is 5.62. The minimum Gasteiger partial charge on any atom is -0.484 e. The number of ether oxygens (including phenoxy) is 1. The molecule has 1 aromatic carbocycles. The van der Waals surface area contributed by atoms with Crippen LogP contribution in [0.1, 0.15) is 35.3 Å². The van der Waals surface area contributed by atoms with Crippen molar-refractivity contribution in [3.63, 3.8) is 0 Å². The Morgan fingerprint density at radius 2 is 1.90 bits per heavy atom. The highest BCUT2D eigenvalue weighted by Crippen LogP contribution is 2.60. The predicted octanol–water partition coefficient (Wildman–Crippen LogP) is 1.93. The molecule has 0 atom stereocenters. The number of benzene rings is 1. The molecule has 0 spiro atoms. The molecule has 0 aliphatic heterocycles. The van der Waals surface area contributed by atoms with Gasteiger partial charge in [0.1, 0.15) is 17.3 Å². The van der Waals surface area contributed by atoms with E-state index in [0.717, 1.165) is 11.6 Å². The first-order chi connectivity index (χ1) is 13.8. The zero-order chi connectivity index (χ0) is 20.6. The van der Waals surface area contributed by atoms with Gasteiger partial charge in [-0.15, -0.1) is 0 Å². The molecule has 152 valence electrons. The summed E-state index contributed by atoms with van der Waals surface area (Å²) in [7, 11) is 0. The molecule has 1 aromatic heterocycles. The van der Waals surface area contributed by atoms with Crippen LogP contribution in [0.5, 0.6) is 5.75 Å². The van der Waals surface area contributed by atoms with Crippen LogP contribution in [0, 0.1) is 5.82 Å². The lowest BCUT2D eigenvalue weighted by molar-refractivity contribution is -0.141. The summed E-state index contributed by atoms with van der Waals surface area (Å²) in [5.74, 6) is -0.908. The van der Waals surface area contributed by atoms with Gasteiger partial charge in [0, 0.05) is 29.9 Å². The van der Waals surface area contributed by atoms with Crippen LogP contribution in [-0.4, -0.2) is 34.5 Å². The number of pyridine rings is 1. The van der Waals surface area contributed by atoms with Crippen LogP contribution in [0.3, 0.4) is 0 Å². The summed E-state index contributed by atoms with van der Waals surface area (Å²) in [6, 6.07) is 7.45. The SMILES string of the molecule is NCc1ccnc(C(=O)NC23CC(NC(=O)COc4ccc(Cl)c(F)c4)(C2)C3)c1. The third kappa shape index (κ3) is 3.90. The Bertz CT molecular complexity index is 964. The highest BCUT2D eigenvalue weighted by molar-refractivity contribution is 6.30. The van der Waals surface area contributed by atoms with Crippen molar-refractivity contribution in [3.05, 3.63) is 58.6 Å². The van der Waals surface area contributed by atoms with Gasteiger partial charge in [-0.05, 0) is 49.1 Å². The number of aromatic nitrogens is 1. The van der Waals surface area contributed by atoms with Crippen LogP contribution in [0.2, 0.25) is 5.02 Å². The van der Waals surface area contributed by atoms with Crippen molar-refractivity contribution >= 4 is 23.4 Å². The monoisotopic (exact) mass is 418 g/mol. The van der Waals surface area contributed by atoms with Crippen LogP contribution in [-0.2, 0) is 11.3 Å². The normalized spacial score (nSPS) is 24.1. The molecule has 0 unspecified atom stereocenters. The highest BCUT2D eigenvalue weighted by Gasteiger charge is 2.69. The van der Waals surface area contributed by atoms with Gasteiger partial charge in [0.15, 0.2) is 6.61 Å². The quantitative estimate of drug-likeness (QED) is 0.637. The lowest BCUT2D eigenvalue weighted by Gasteiger charge is -2.70. The molecule has 4 N–H and O–H groups in total. The van der Waals surface area contributed by atoms with E-state index >= 15 is 0 Å². The first-order valence-electron chi connectivity index (χ1n) is 9.18. The van der Waals surface area contributed by atoms with Crippen molar-refractivity contribution in [2.45, 2.75) is 36.9 Å². The minimum absolute atomic E-state index is 0.00651. The van der Waals surface area contributed by atoms with Gasteiger partial charge in [0.25, 0.3) is 11.8 Å². The molecule has 9 heteroatoms. The predicted molar refractivity (Wildman–Crippen MR) is 104 cm³/mol. The maximum atomic E-state index is 13.4. The first-order valence-corrected chi connectivity index (χ1v) is 9.56. The number of nitrogens with zero attached hydrogens (tertiary/aromatic N) is 1. The number of rotatable bonds is 7. The summed E-state index contributed by atoms with van der Waals surface area (Å²) in [4.78, 5) is 28.7. The molecule has 3 aliphatic carbocycles. The maximum absolute atomic E-state index is 13.4. The van der Waals surface area contributed by atoms with Gasteiger partial charge in [0.05, 0.1) is 5.02 Å². The highest BCUT2D eigenvalue weighted by atomic mass is 35.5. The Balaban J connectivity index is 1.24. The summed E-state index contributed by atoms with van der Waals surface area (Å²) in [5, 5.41) is 5.95. The number of amides is 2. The average molecular weight is 419 g/mol. The molecular formula is C20H20ClFN4O3. The Morgan fingerprint density at radius 1 is 1.17 bits per heavy atom. The van der Waals surface area contributed by atoms with Crippen molar-refractivity contribution in [2.24, 2.45) is 5.73 Å². The molecule has 2 bridgehead atoms. The van der Waals surface area contributed by atoms with Crippen molar-refractivity contribution in [1.82, 2.24) is 15.6 Å². The molecule has 29 heavy (non-hydrogen) atoms. The maximum Gasteiger partial charge on any atom is 0.270 e. The first kappa shape index (κ1) is 19.6. The van der Waals surface area contributed by atoms with Crippen molar-refractivity contribution in [3.8, 4) is 5.75 Å². The fourth-order valence-electron chi connectivity index (χ4n) is 4.13. The largest absolute Gasteiger partial charge is 0.484 e. The van der Waals surface area contributed by atoms with Crippen LogP contribution < -0.4 is 21.1 Å². The molecule has 0 saturated heterocycles. The van der Waals surface area contributed by atoms with Gasteiger partial charge >= 0.3 is 0 Å². The molecule has 5 rings (SSSR count). The molecule has 3 aliphatic rings. The van der Waals surface area contributed by atoms with E-state index in [-0.39, 0.29) is 40.3 Å². The fraction of sp³-hybridized carbons (Fsp3) is 0.350. The molecule has 2 aromatic rings. The van der Waals surface area contributed by atoms with E-state index in [1.807, 2.05) is 0 Å². The van der Waals surface area contributed by atoms with E-state index in [1.54, 1.807) is 18.3 Å². The van der Waals surface area contributed by atoms with Crippen LogP contribution >= 0.6 is 11.6 Å². The number of nitrogens with two attached hydrogens (primary N) is 1. The zero-order valence-corrected chi connectivity index (χ0v) is 16.3. The standard InChI is InChI=1S/C20H20ClFN4O3/c21-14-2-1-13(6-15(14)22)29-8-17(27)25-19-9-20(10-19,11-19)26-18(28)16-5-12(7-23)3-4-24-16/h1-6H,7-11,23H2,(H,25,27)(H,26,28). The Morgan fingerprint density at radius 3 is 2.59 bits per heavy atom. The molecule has 3 fully saturated rings. The van der Waals surface area contributed by atoms with Gasteiger partial charge in [-0.25, -0.2) is 4.39 Å². The van der Waals surface area contributed by atoms with Crippen LogP contribution in [0.25, 0.3) is 0 Å². The Hall–Kier alpha value is -2.71. The summed E-state index contributed by atoms with van der Waals surface area (Å²) < 4.78 is 18.7. The second-order valence-electron chi connectivity index (χ2n) is 7.71. The molecular weight excluding hydrogens is 399 g/mol. The molecule has 3 saturated carbocycles. The number of carbonyl (C=O) groups is 2. The minimum atomic E-state index is -0.604. The molecule has 1 heterocycles. The smallest absolute Gasteiger partial charge is 0.270 e. The topological polar surface area (TPSA) is 106 Å². The van der Waals surface area contributed by atoms with E-state index in [0.29, 0.717) is 31.5 Å². The number of carbonyl (C=O) groups excluding carboxylic acids is 2. The third-order valence-electron chi connectivity index (χ3n) is 5.37. The van der Waals surface area contributed by atoms with E-state index in [2.05, 4.69) is 15.6 Å². The number of nitrogens with one attached hydrogen (secondary N) is 2.